The third kappa shape index (κ3) is 6.26. The van der Waals surface area contributed by atoms with Crippen molar-refractivity contribution in [2.24, 2.45) is 0 Å². The van der Waals surface area contributed by atoms with Gasteiger partial charge in [-0.1, -0.05) is 23.7 Å². The van der Waals surface area contributed by atoms with Crippen LogP contribution in [0, 0.1) is 0 Å². The molecular formula is C21H18ClF3N4O2. The van der Waals surface area contributed by atoms with Gasteiger partial charge >= 0.3 is 18.2 Å². The number of hydrogen-bond donors (Lipinski definition) is 3. The number of anilines is 2. The molecule has 3 amide bonds. The number of nitrogens with one attached hydrogen (secondary N) is 3. The highest BCUT2D eigenvalue weighted by atomic mass is 35.5. The van der Waals surface area contributed by atoms with Crippen LogP contribution in [-0.4, -0.2) is 23.2 Å². The number of benzene rings is 2. The summed E-state index contributed by atoms with van der Waals surface area (Å²) < 4.78 is 40.2. The van der Waals surface area contributed by atoms with Crippen molar-refractivity contribution in [3.8, 4) is 0 Å². The number of carbonyl (C=O) groups excluding carboxylic acids is 2. The van der Waals surface area contributed by atoms with E-state index < -0.39 is 22.8 Å². The van der Waals surface area contributed by atoms with Crippen molar-refractivity contribution in [1.82, 2.24) is 9.88 Å². The summed E-state index contributed by atoms with van der Waals surface area (Å²) in [5.74, 6) is 0. The molecule has 0 saturated heterocycles. The van der Waals surface area contributed by atoms with Crippen LogP contribution in [0.15, 0.2) is 67.0 Å². The van der Waals surface area contributed by atoms with Crippen molar-refractivity contribution in [2.75, 3.05) is 17.2 Å². The smallest absolute Gasteiger partial charge is 0.337 e. The molecule has 10 heteroatoms. The number of nitrogens with zero attached hydrogens (tertiary/aromatic N) is 1. The fourth-order valence-corrected chi connectivity index (χ4v) is 2.97. The second-order valence-electron chi connectivity index (χ2n) is 6.54. The summed E-state index contributed by atoms with van der Waals surface area (Å²) in [4.78, 5) is 23.9. The molecule has 3 N–H and O–H groups in total. The van der Waals surface area contributed by atoms with Gasteiger partial charge in [-0.05, 0) is 54.4 Å². The minimum absolute atomic E-state index is 0.0377. The van der Waals surface area contributed by atoms with Gasteiger partial charge in [-0.25, -0.2) is 9.59 Å². The van der Waals surface area contributed by atoms with Gasteiger partial charge < -0.3 is 16.0 Å². The normalized spacial score (nSPS) is 11.1. The van der Waals surface area contributed by atoms with E-state index in [0.717, 1.165) is 17.7 Å². The maximum atomic E-state index is 12.9. The van der Waals surface area contributed by atoms with Gasteiger partial charge in [-0.3, -0.25) is 4.57 Å². The Bertz CT molecular complexity index is 1050. The first-order chi connectivity index (χ1) is 14.7. The van der Waals surface area contributed by atoms with Crippen molar-refractivity contribution in [3.63, 3.8) is 0 Å². The Morgan fingerprint density at radius 1 is 0.935 bits per heavy atom. The second-order valence-corrected chi connectivity index (χ2v) is 6.95. The zero-order valence-corrected chi connectivity index (χ0v) is 16.8. The van der Waals surface area contributed by atoms with Crippen molar-refractivity contribution in [1.29, 1.82) is 0 Å². The van der Waals surface area contributed by atoms with Crippen LogP contribution in [0.5, 0.6) is 0 Å². The van der Waals surface area contributed by atoms with E-state index in [1.165, 1.54) is 10.6 Å². The Labute approximate surface area is 181 Å². The molecule has 0 unspecified atom stereocenters. The zero-order valence-electron chi connectivity index (χ0n) is 16.0. The van der Waals surface area contributed by atoms with Crippen molar-refractivity contribution in [2.45, 2.75) is 12.6 Å². The third-order valence-corrected chi connectivity index (χ3v) is 4.60. The summed E-state index contributed by atoms with van der Waals surface area (Å²) in [6, 6.07) is 12.6. The Morgan fingerprint density at radius 3 is 2.19 bits per heavy atom. The minimum atomic E-state index is -4.62. The lowest BCUT2D eigenvalue weighted by atomic mass is 10.1. The highest BCUT2D eigenvalue weighted by Crippen LogP contribution is 2.36. The molecular weight excluding hydrogens is 433 g/mol. The molecule has 0 aliphatic rings. The van der Waals surface area contributed by atoms with Crippen LogP contribution in [0.25, 0.3) is 0 Å². The predicted octanol–water partition coefficient (Wildman–Crippen LogP) is 5.60. The monoisotopic (exact) mass is 450 g/mol. The first-order valence-corrected chi connectivity index (χ1v) is 9.55. The topological polar surface area (TPSA) is 75.2 Å². The molecule has 0 radical (unpaired) electrons. The van der Waals surface area contributed by atoms with Gasteiger partial charge in [0.05, 0.1) is 10.6 Å². The van der Waals surface area contributed by atoms with Gasteiger partial charge in [0.25, 0.3) is 0 Å². The molecule has 3 aromatic rings. The largest absolute Gasteiger partial charge is 0.417 e. The Balaban J connectivity index is 1.50. The van der Waals surface area contributed by atoms with Crippen LogP contribution in [0.4, 0.5) is 34.1 Å². The van der Waals surface area contributed by atoms with Gasteiger partial charge in [0.2, 0.25) is 0 Å². The summed E-state index contributed by atoms with van der Waals surface area (Å²) in [7, 11) is 0. The van der Waals surface area contributed by atoms with E-state index in [2.05, 4.69) is 16.0 Å². The van der Waals surface area contributed by atoms with Crippen molar-refractivity contribution >= 4 is 35.0 Å². The molecule has 6 nitrogen and oxygen atoms in total. The number of alkyl halides is 3. The first-order valence-electron chi connectivity index (χ1n) is 9.17. The molecule has 162 valence electrons. The Morgan fingerprint density at radius 2 is 1.55 bits per heavy atom. The number of carbonyl (C=O) groups is 2. The molecule has 3 rings (SSSR count). The predicted molar refractivity (Wildman–Crippen MR) is 112 cm³/mol. The van der Waals surface area contributed by atoms with Gasteiger partial charge in [0.15, 0.2) is 0 Å². The van der Waals surface area contributed by atoms with Crippen LogP contribution in [-0.2, 0) is 12.6 Å². The van der Waals surface area contributed by atoms with E-state index in [1.54, 1.807) is 48.8 Å². The van der Waals surface area contributed by atoms with E-state index in [9.17, 15) is 22.8 Å². The fraction of sp³-hybridized carbons (Fsp3) is 0.143. The Kier molecular flexibility index (Phi) is 6.86. The lowest BCUT2D eigenvalue weighted by molar-refractivity contribution is -0.137. The third-order valence-electron chi connectivity index (χ3n) is 4.27. The molecule has 0 aliphatic carbocycles. The zero-order chi connectivity index (χ0) is 22.4. The molecule has 0 bridgehead atoms. The molecule has 0 aliphatic heterocycles. The molecule has 0 atom stereocenters. The van der Waals surface area contributed by atoms with Crippen molar-refractivity contribution in [3.05, 3.63) is 83.1 Å². The molecule has 0 spiro atoms. The standard InChI is InChI=1S/C21H18ClF3N4O2/c22-18-8-7-16(13-17(18)21(23,24)25)28-19(30)27-15-5-3-14(4-6-15)9-10-26-20(31)29-11-1-2-12-29/h1-8,11-13H,9-10H2,(H,26,31)(H2,27,28,30). The lowest BCUT2D eigenvalue weighted by Crippen LogP contribution is -2.29. The van der Waals surface area contributed by atoms with Crippen LogP contribution >= 0.6 is 11.6 Å². The minimum Gasteiger partial charge on any atom is -0.337 e. The number of amides is 3. The molecule has 1 aromatic heterocycles. The van der Waals surface area contributed by atoms with E-state index >= 15 is 0 Å². The van der Waals surface area contributed by atoms with E-state index in [0.29, 0.717) is 18.7 Å². The van der Waals surface area contributed by atoms with Crippen molar-refractivity contribution < 1.29 is 22.8 Å². The number of urea groups is 1. The van der Waals surface area contributed by atoms with Crippen LogP contribution in [0.1, 0.15) is 11.1 Å². The number of aromatic nitrogens is 1. The van der Waals surface area contributed by atoms with Crippen LogP contribution < -0.4 is 16.0 Å². The van der Waals surface area contributed by atoms with Gasteiger partial charge in [-0.2, -0.15) is 13.2 Å². The highest BCUT2D eigenvalue weighted by molar-refractivity contribution is 6.31. The summed E-state index contributed by atoms with van der Waals surface area (Å²) in [6.45, 7) is 0.433. The van der Waals surface area contributed by atoms with Gasteiger partial charge in [0, 0.05) is 30.3 Å². The summed E-state index contributed by atoms with van der Waals surface area (Å²) in [5.41, 5.74) is 0.332. The van der Waals surface area contributed by atoms with Crippen LogP contribution in [0.2, 0.25) is 5.02 Å². The summed E-state index contributed by atoms with van der Waals surface area (Å²) >= 11 is 5.57. The number of halogens is 4. The molecule has 2 aromatic carbocycles. The lowest BCUT2D eigenvalue weighted by Gasteiger charge is -2.12. The molecule has 1 heterocycles. The van der Waals surface area contributed by atoms with E-state index in [4.69, 9.17) is 11.6 Å². The number of rotatable bonds is 5. The Hall–Kier alpha value is -3.46. The molecule has 31 heavy (non-hydrogen) atoms. The summed E-state index contributed by atoms with van der Waals surface area (Å²) in [5, 5.41) is 7.23. The number of hydrogen-bond acceptors (Lipinski definition) is 2. The maximum Gasteiger partial charge on any atom is 0.417 e. The highest BCUT2D eigenvalue weighted by Gasteiger charge is 2.33. The maximum absolute atomic E-state index is 12.9. The van der Waals surface area contributed by atoms with Gasteiger partial charge in [0.1, 0.15) is 0 Å². The van der Waals surface area contributed by atoms with E-state index in [1.807, 2.05) is 0 Å². The molecule has 0 saturated carbocycles. The van der Waals surface area contributed by atoms with E-state index in [-0.39, 0.29) is 11.7 Å². The second kappa shape index (κ2) is 9.57. The SMILES string of the molecule is O=C(Nc1ccc(CCNC(=O)n2cccc2)cc1)Nc1ccc(Cl)c(C(F)(F)F)c1. The molecule has 0 fully saturated rings. The quantitative estimate of drug-likeness (QED) is 0.473. The first kappa shape index (κ1) is 22.2. The van der Waals surface area contributed by atoms with Gasteiger partial charge in [-0.15, -0.1) is 0 Å². The average molecular weight is 451 g/mol. The summed E-state index contributed by atoms with van der Waals surface area (Å²) in [6.07, 6.45) is -0.740. The fourth-order valence-electron chi connectivity index (χ4n) is 2.74. The average Bonchev–Trinajstić information content (AvgIpc) is 3.25. The van der Waals surface area contributed by atoms with Crippen LogP contribution in [0.3, 0.4) is 0 Å².